The van der Waals surface area contributed by atoms with E-state index in [9.17, 15) is 14.9 Å². The molecular formula is C19H21ClN4O3S2. The molecule has 2 heterocycles. The predicted molar refractivity (Wildman–Crippen MR) is 123 cm³/mol. The van der Waals surface area contributed by atoms with Crippen LogP contribution in [0, 0.1) is 17.0 Å². The van der Waals surface area contributed by atoms with Crippen molar-refractivity contribution >= 4 is 67.4 Å². The normalized spacial score (nSPS) is 11.2. The molecule has 0 fully saturated rings. The van der Waals surface area contributed by atoms with Crippen LogP contribution in [0.4, 0.5) is 10.1 Å². The summed E-state index contributed by atoms with van der Waals surface area (Å²) in [5, 5.41) is 11.5. The zero-order valence-corrected chi connectivity index (χ0v) is 18.6. The van der Waals surface area contributed by atoms with Gasteiger partial charge >= 0.3 is 5.00 Å². The molecule has 1 aromatic carbocycles. The van der Waals surface area contributed by atoms with Gasteiger partial charge in [-0.3, -0.25) is 19.8 Å². The number of aryl methyl sites for hydroxylation is 1. The SMILES string of the molecule is Cc1cccc2sc(N(CCN(C)C)C(=O)C=Cc3ccc([N+](=O)[O-])s3)nc12.Cl. The molecule has 0 aliphatic rings. The first kappa shape index (κ1) is 23.0. The summed E-state index contributed by atoms with van der Waals surface area (Å²) >= 11 is 2.52. The van der Waals surface area contributed by atoms with E-state index in [1.165, 1.54) is 23.5 Å². The van der Waals surface area contributed by atoms with Crippen LogP contribution in [0.1, 0.15) is 10.4 Å². The number of thiazole rings is 1. The van der Waals surface area contributed by atoms with E-state index in [-0.39, 0.29) is 23.3 Å². The van der Waals surface area contributed by atoms with Crippen LogP contribution in [0.5, 0.6) is 0 Å². The fraction of sp³-hybridized carbons (Fsp3) is 0.263. The number of likely N-dealkylation sites (N-methyl/N-ethyl adjacent to an activating group) is 1. The molecule has 3 rings (SSSR count). The first-order chi connectivity index (χ1) is 13.3. The van der Waals surface area contributed by atoms with Crippen LogP contribution in [-0.4, -0.2) is 47.9 Å². The molecule has 0 saturated heterocycles. The van der Waals surface area contributed by atoms with Crippen molar-refractivity contribution in [2.24, 2.45) is 0 Å². The second kappa shape index (κ2) is 9.93. The van der Waals surface area contributed by atoms with Gasteiger partial charge in [-0.25, -0.2) is 4.98 Å². The maximum atomic E-state index is 12.9. The molecule has 0 unspecified atom stereocenters. The number of hydrogen-bond donors (Lipinski definition) is 0. The second-order valence-corrected chi connectivity index (χ2v) is 8.58. The number of hydrogen-bond acceptors (Lipinski definition) is 7. The largest absolute Gasteiger partial charge is 0.324 e. The lowest BCUT2D eigenvalue weighted by atomic mass is 10.2. The highest BCUT2D eigenvalue weighted by Gasteiger charge is 2.19. The van der Waals surface area contributed by atoms with E-state index >= 15 is 0 Å². The molecule has 0 aliphatic heterocycles. The Balaban J connectivity index is 0.00000300. The van der Waals surface area contributed by atoms with E-state index < -0.39 is 4.92 Å². The van der Waals surface area contributed by atoms with Crippen molar-refractivity contribution in [3.05, 3.63) is 57.0 Å². The van der Waals surface area contributed by atoms with Crippen molar-refractivity contribution in [1.29, 1.82) is 0 Å². The minimum Gasteiger partial charge on any atom is -0.308 e. The molecule has 0 saturated carbocycles. The van der Waals surface area contributed by atoms with Crippen molar-refractivity contribution in [3.63, 3.8) is 0 Å². The number of carbonyl (C=O) groups excluding carboxylic acids is 1. The maximum absolute atomic E-state index is 12.9. The van der Waals surface area contributed by atoms with Crippen molar-refractivity contribution in [1.82, 2.24) is 9.88 Å². The Morgan fingerprint density at radius 3 is 2.59 bits per heavy atom. The Labute approximate surface area is 182 Å². The number of amides is 1. The van der Waals surface area contributed by atoms with Crippen LogP contribution in [0.25, 0.3) is 16.3 Å². The summed E-state index contributed by atoms with van der Waals surface area (Å²) < 4.78 is 1.04. The fourth-order valence-electron chi connectivity index (χ4n) is 2.56. The summed E-state index contributed by atoms with van der Waals surface area (Å²) in [6.45, 7) is 3.19. The van der Waals surface area contributed by atoms with Crippen LogP contribution in [-0.2, 0) is 4.79 Å². The van der Waals surface area contributed by atoms with Crippen LogP contribution >= 0.6 is 35.1 Å². The lowest BCUT2D eigenvalue weighted by Gasteiger charge is -2.20. The third kappa shape index (κ3) is 5.60. The molecule has 7 nitrogen and oxygen atoms in total. The third-order valence-electron chi connectivity index (χ3n) is 4.06. The number of aromatic nitrogens is 1. The summed E-state index contributed by atoms with van der Waals surface area (Å²) in [6.07, 6.45) is 3.06. The highest BCUT2D eigenvalue weighted by Crippen LogP contribution is 2.31. The molecule has 2 aromatic heterocycles. The van der Waals surface area contributed by atoms with Gasteiger partial charge in [-0.05, 0) is 44.8 Å². The Kier molecular flexibility index (Phi) is 7.86. The monoisotopic (exact) mass is 452 g/mol. The molecule has 29 heavy (non-hydrogen) atoms. The minimum absolute atomic E-state index is 0. The van der Waals surface area contributed by atoms with Crippen LogP contribution in [0.3, 0.4) is 0 Å². The van der Waals surface area contributed by atoms with E-state index in [0.717, 1.165) is 27.1 Å². The molecule has 0 atom stereocenters. The summed E-state index contributed by atoms with van der Waals surface area (Å²) in [6, 6.07) is 9.06. The number of benzene rings is 1. The van der Waals surface area contributed by atoms with E-state index in [1.54, 1.807) is 17.0 Å². The Hall–Kier alpha value is -2.33. The zero-order chi connectivity index (χ0) is 20.3. The number of nitrogens with zero attached hydrogens (tertiary/aromatic N) is 4. The highest BCUT2D eigenvalue weighted by molar-refractivity contribution is 7.22. The lowest BCUT2D eigenvalue weighted by Crippen LogP contribution is -2.35. The van der Waals surface area contributed by atoms with Gasteiger partial charge in [0, 0.05) is 30.1 Å². The van der Waals surface area contributed by atoms with E-state index in [4.69, 9.17) is 0 Å². The van der Waals surface area contributed by atoms with Gasteiger partial charge in [0.25, 0.3) is 5.91 Å². The second-order valence-electron chi connectivity index (χ2n) is 6.48. The molecule has 0 bridgehead atoms. The smallest absolute Gasteiger partial charge is 0.308 e. The summed E-state index contributed by atoms with van der Waals surface area (Å²) in [5.41, 5.74) is 1.98. The molecule has 0 radical (unpaired) electrons. The number of fused-ring (bicyclic) bond motifs is 1. The number of carbonyl (C=O) groups is 1. The lowest BCUT2D eigenvalue weighted by molar-refractivity contribution is -0.380. The summed E-state index contributed by atoms with van der Waals surface area (Å²) in [5.74, 6) is -0.199. The third-order valence-corrected chi connectivity index (χ3v) is 6.11. The number of anilines is 1. The fourth-order valence-corrected chi connectivity index (χ4v) is 4.36. The maximum Gasteiger partial charge on any atom is 0.324 e. The number of para-hydroxylation sites is 1. The predicted octanol–water partition coefficient (Wildman–Crippen LogP) is 4.60. The van der Waals surface area contributed by atoms with Crippen molar-refractivity contribution in [2.45, 2.75) is 6.92 Å². The Morgan fingerprint density at radius 1 is 1.21 bits per heavy atom. The molecule has 0 aliphatic carbocycles. The van der Waals surface area contributed by atoms with Gasteiger partial charge < -0.3 is 4.90 Å². The van der Waals surface area contributed by atoms with Crippen LogP contribution < -0.4 is 4.90 Å². The quantitative estimate of drug-likeness (QED) is 0.297. The van der Waals surface area contributed by atoms with E-state index in [0.29, 0.717) is 23.1 Å². The Bertz CT molecular complexity index is 1050. The molecule has 154 valence electrons. The van der Waals surface area contributed by atoms with Crippen molar-refractivity contribution < 1.29 is 9.72 Å². The number of thiophene rings is 1. The zero-order valence-electron chi connectivity index (χ0n) is 16.2. The molecule has 10 heteroatoms. The minimum atomic E-state index is -0.434. The van der Waals surface area contributed by atoms with Gasteiger partial charge in [-0.2, -0.15) is 0 Å². The van der Waals surface area contributed by atoms with Crippen molar-refractivity contribution in [3.8, 4) is 0 Å². The van der Waals surface area contributed by atoms with Gasteiger partial charge in [0.05, 0.1) is 15.1 Å². The van der Waals surface area contributed by atoms with Gasteiger partial charge in [-0.15, -0.1) is 12.4 Å². The number of rotatable bonds is 7. The van der Waals surface area contributed by atoms with Gasteiger partial charge in [0.2, 0.25) is 0 Å². The molecule has 3 aromatic rings. The van der Waals surface area contributed by atoms with Gasteiger partial charge in [-0.1, -0.05) is 34.8 Å². The van der Waals surface area contributed by atoms with Gasteiger partial charge in [0.1, 0.15) is 0 Å². The first-order valence-electron chi connectivity index (χ1n) is 8.60. The first-order valence-corrected chi connectivity index (χ1v) is 10.2. The van der Waals surface area contributed by atoms with Crippen LogP contribution in [0.2, 0.25) is 0 Å². The highest BCUT2D eigenvalue weighted by atomic mass is 35.5. The average molecular weight is 453 g/mol. The molecule has 0 N–H and O–H groups in total. The standard InChI is InChI=1S/C19H20N4O3S2.ClH/c1-13-5-4-6-15-18(13)20-19(28-15)22(12-11-21(2)3)16(24)9-7-14-8-10-17(27-14)23(25)26;/h4-10H,11-12H2,1-3H3;1H. The molecule has 0 spiro atoms. The number of nitro groups is 1. The Morgan fingerprint density at radius 2 is 1.97 bits per heavy atom. The van der Waals surface area contributed by atoms with E-state index in [1.807, 2.05) is 44.1 Å². The van der Waals surface area contributed by atoms with Crippen LogP contribution in [0.15, 0.2) is 36.4 Å². The average Bonchev–Trinajstić information content (AvgIpc) is 3.27. The van der Waals surface area contributed by atoms with Crippen molar-refractivity contribution in [2.75, 3.05) is 32.1 Å². The molecule has 1 amide bonds. The van der Waals surface area contributed by atoms with Gasteiger partial charge in [0.15, 0.2) is 5.13 Å². The molecular weight excluding hydrogens is 432 g/mol. The number of halogens is 1. The summed E-state index contributed by atoms with van der Waals surface area (Å²) in [4.78, 5) is 32.3. The van der Waals surface area contributed by atoms with E-state index in [2.05, 4.69) is 4.98 Å². The summed E-state index contributed by atoms with van der Waals surface area (Å²) in [7, 11) is 3.90. The topological polar surface area (TPSA) is 79.6 Å².